The Labute approximate surface area is 118 Å². The largest absolute Gasteiger partial charge is 0.395 e. The first-order valence-corrected chi connectivity index (χ1v) is 7.29. The zero-order valence-corrected chi connectivity index (χ0v) is 13.1. The molecule has 1 N–H and O–H groups in total. The number of hydrogen-bond donors (Lipinski definition) is 1. The second-order valence-corrected chi connectivity index (χ2v) is 6.50. The minimum Gasteiger partial charge on any atom is -0.395 e. The van der Waals surface area contributed by atoms with Crippen LogP contribution in [0.1, 0.15) is 40.2 Å². The lowest BCUT2D eigenvalue weighted by Crippen LogP contribution is -2.45. The molecular weight excluding hydrogens is 234 g/mol. The zero-order chi connectivity index (χ0) is 14.5. The topological polar surface area (TPSA) is 23.5 Å². The molecule has 19 heavy (non-hydrogen) atoms. The lowest BCUT2D eigenvalue weighted by atomic mass is 9.82. The van der Waals surface area contributed by atoms with Crippen LogP contribution in [-0.4, -0.2) is 35.7 Å². The second-order valence-electron chi connectivity index (χ2n) is 6.50. The average Bonchev–Trinajstić information content (AvgIpc) is 2.38. The van der Waals surface area contributed by atoms with Crippen molar-refractivity contribution in [2.24, 2.45) is 5.92 Å². The molecule has 0 fully saturated rings. The summed E-state index contributed by atoms with van der Waals surface area (Å²) in [7, 11) is 0. The van der Waals surface area contributed by atoms with Gasteiger partial charge in [-0.15, -0.1) is 0 Å². The molecular formula is C17H29NO. The van der Waals surface area contributed by atoms with E-state index in [1.165, 1.54) is 5.56 Å². The number of nitrogens with zero attached hydrogens (tertiary/aromatic N) is 1. The van der Waals surface area contributed by atoms with E-state index in [9.17, 15) is 5.11 Å². The molecule has 1 aromatic carbocycles. The van der Waals surface area contributed by atoms with Crippen LogP contribution in [0.2, 0.25) is 0 Å². The van der Waals surface area contributed by atoms with Crippen LogP contribution in [0.4, 0.5) is 0 Å². The maximum absolute atomic E-state index is 9.88. The van der Waals surface area contributed by atoms with Crippen molar-refractivity contribution in [3.63, 3.8) is 0 Å². The van der Waals surface area contributed by atoms with Gasteiger partial charge in [0.25, 0.3) is 0 Å². The van der Waals surface area contributed by atoms with E-state index in [1.807, 2.05) is 18.2 Å². The first kappa shape index (κ1) is 16.2. The molecule has 0 saturated carbocycles. The van der Waals surface area contributed by atoms with Crippen molar-refractivity contribution in [3.8, 4) is 0 Å². The Hall–Kier alpha value is -0.860. The molecule has 0 heterocycles. The van der Waals surface area contributed by atoms with Crippen LogP contribution in [0.3, 0.4) is 0 Å². The summed E-state index contributed by atoms with van der Waals surface area (Å²) >= 11 is 0. The van der Waals surface area contributed by atoms with Crippen LogP contribution in [0.5, 0.6) is 0 Å². The molecule has 0 aromatic heterocycles. The molecule has 1 unspecified atom stereocenters. The fraction of sp³-hybridized carbons (Fsp3) is 0.647. The first-order chi connectivity index (χ1) is 8.89. The number of aliphatic hydroxyl groups excluding tert-OH is 1. The van der Waals surface area contributed by atoms with Gasteiger partial charge in [0.1, 0.15) is 0 Å². The summed E-state index contributed by atoms with van der Waals surface area (Å²) < 4.78 is 0. The van der Waals surface area contributed by atoms with Gasteiger partial charge < -0.3 is 5.11 Å². The highest BCUT2D eigenvalue weighted by Crippen LogP contribution is 2.25. The van der Waals surface area contributed by atoms with Crippen LogP contribution in [-0.2, 0) is 5.41 Å². The molecule has 0 aliphatic carbocycles. The molecule has 0 saturated heterocycles. The van der Waals surface area contributed by atoms with E-state index in [0.717, 1.165) is 13.1 Å². The van der Waals surface area contributed by atoms with Gasteiger partial charge in [0.2, 0.25) is 0 Å². The van der Waals surface area contributed by atoms with Gasteiger partial charge >= 0.3 is 0 Å². The summed E-state index contributed by atoms with van der Waals surface area (Å²) in [6, 6.07) is 10.8. The summed E-state index contributed by atoms with van der Waals surface area (Å²) in [4.78, 5) is 2.47. The molecule has 1 atom stereocenters. The lowest BCUT2D eigenvalue weighted by Gasteiger charge is -2.37. The van der Waals surface area contributed by atoms with Crippen LogP contribution in [0, 0.1) is 5.92 Å². The van der Waals surface area contributed by atoms with Gasteiger partial charge in [-0.2, -0.15) is 0 Å². The Kier molecular flexibility index (Phi) is 6.02. The minimum atomic E-state index is -0.194. The van der Waals surface area contributed by atoms with E-state index >= 15 is 0 Å². The van der Waals surface area contributed by atoms with Crippen molar-refractivity contribution in [2.75, 3.05) is 19.7 Å². The third-order valence-electron chi connectivity index (χ3n) is 3.70. The summed E-state index contributed by atoms with van der Waals surface area (Å²) in [5.41, 5.74) is 1.02. The highest BCUT2D eigenvalue weighted by Gasteiger charge is 2.29. The number of hydrogen-bond acceptors (Lipinski definition) is 2. The predicted molar refractivity (Wildman–Crippen MR) is 82.4 cm³/mol. The summed E-state index contributed by atoms with van der Waals surface area (Å²) in [5, 5.41) is 9.88. The Bertz CT molecular complexity index is 361. The van der Waals surface area contributed by atoms with Crippen molar-refractivity contribution in [1.82, 2.24) is 4.90 Å². The molecule has 2 nitrogen and oxygen atoms in total. The molecule has 0 spiro atoms. The summed E-state index contributed by atoms with van der Waals surface area (Å²) in [6.45, 7) is 13.2. The number of rotatable bonds is 7. The van der Waals surface area contributed by atoms with E-state index in [4.69, 9.17) is 0 Å². The molecule has 0 radical (unpaired) electrons. The maximum Gasteiger partial charge on any atom is 0.0537 e. The fourth-order valence-corrected chi connectivity index (χ4v) is 2.45. The molecule has 0 aliphatic heterocycles. The molecule has 1 rings (SSSR count). The SMILES string of the molecule is CC(C)CN(CC(C)(CO)c1ccccc1)C(C)C. The van der Waals surface area contributed by atoms with Crippen molar-refractivity contribution in [3.05, 3.63) is 35.9 Å². The maximum atomic E-state index is 9.88. The Balaban J connectivity index is 2.90. The quantitative estimate of drug-likeness (QED) is 0.816. The van der Waals surface area contributed by atoms with E-state index in [2.05, 4.69) is 51.7 Å². The fourth-order valence-electron chi connectivity index (χ4n) is 2.45. The molecule has 0 bridgehead atoms. The van der Waals surface area contributed by atoms with Crippen molar-refractivity contribution in [1.29, 1.82) is 0 Å². The van der Waals surface area contributed by atoms with Crippen molar-refractivity contribution >= 4 is 0 Å². The van der Waals surface area contributed by atoms with E-state index in [0.29, 0.717) is 12.0 Å². The lowest BCUT2D eigenvalue weighted by molar-refractivity contribution is 0.114. The highest BCUT2D eigenvalue weighted by molar-refractivity contribution is 5.25. The van der Waals surface area contributed by atoms with E-state index < -0.39 is 0 Å². The standard InChI is InChI=1S/C17H29NO/c1-14(2)11-18(15(3)4)12-17(5,13-19)16-9-7-6-8-10-16/h6-10,14-15,19H,11-13H2,1-5H3. The highest BCUT2D eigenvalue weighted by atomic mass is 16.3. The number of benzene rings is 1. The van der Waals surface area contributed by atoms with Gasteiger partial charge in [-0.1, -0.05) is 51.1 Å². The summed E-state index contributed by atoms with van der Waals surface area (Å²) in [6.07, 6.45) is 0. The normalized spacial score (nSPS) is 15.2. The molecule has 0 amide bonds. The van der Waals surface area contributed by atoms with E-state index in [-0.39, 0.29) is 12.0 Å². The second kappa shape index (κ2) is 7.06. The van der Waals surface area contributed by atoms with Crippen LogP contribution < -0.4 is 0 Å². The average molecular weight is 263 g/mol. The third-order valence-corrected chi connectivity index (χ3v) is 3.70. The smallest absolute Gasteiger partial charge is 0.0537 e. The van der Waals surface area contributed by atoms with E-state index in [1.54, 1.807) is 0 Å². The first-order valence-electron chi connectivity index (χ1n) is 7.29. The minimum absolute atomic E-state index is 0.179. The van der Waals surface area contributed by atoms with Crippen LogP contribution in [0.25, 0.3) is 0 Å². The summed E-state index contributed by atoms with van der Waals surface area (Å²) in [5.74, 6) is 0.640. The number of aliphatic hydroxyl groups is 1. The Morgan fingerprint density at radius 1 is 1.11 bits per heavy atom. The Morgan fingerprint density at radius 2 is 1.68 bits per heavy atom. The van der Waals surface area contributed by atoms with Gasteiger partial charge in [-0.3, -0.25) is 4.90 Å². The monoisotopic (exact) mass is 263 g/mol. The molecule has 1 aromatic rings. The van der Waals surface area contributed by atoms with Crippen LogP contribution >= 0.6 is 0 Å². The zero-order valence-electron chi connectivity index (χ0n) is 13.1. The third kappa shape index (κ3) is 4.63. The van der Waals surface area contributed by atoms with Gasteiger partial charge in [0, 0.05) is 24.5 Å². The predicted octanol–water partition coefficient (Wildman–Crippen LogP) is 3.30. The van der Waals surface area contributed by atoms with Gasteiger partial charge in [0.15, 0.2) is 0 Å². The Morgan fingerprint density at radius 3 is 2.11 bits per heavy atom. The van der Waals surface area contributed by atoms with Crippen LogP contribution in [0.15, 0.2) is 30.3 Å². The van der Waals surface area contributed by atoms with Crippen molar-refractivity contribution in [2.45, 2.75) is 46.1 Å². The van der Waals surface area contributed by atoms with Gasteiger partial charge in [-0.25, -0.2) is 0 Å². The van der Waals surface area contributed by atoms with Gasteiger partial charge in [-0.05, 0) is 25.3 Å². The molecule has 0 aliphatic rings. The van der Waals surface area contributed by atoms with Crippen molar-refractivity contribution < 1.29 is 5.11 Å². The molecule has 2 heteroatoms. The van der Waals surface area contributed by atoms with Gasteiger partial charge in [0.05, 0.1) is 6.61 Å². The molecule has 108 valence electrons.